The molecule has 22 heavy (non-hydrogen) atoms. The van der Waals surface area contributed by atoms with Gasteiger partial charge in [-0.2, -0.15) is 0 Å². The second kappa shape index (κ2) is 6.62. The fourth-order valence-corrected chi connectivity index (χ4v) is 2.10. The Hall–Kier alpha value is -2.33. The van der Waals surface area contributed by atoms with Crippen LogP contribution in [-0.2, 0) is 9.59 Å². The highest BCUT2D eigenvalue weighted by atomic mass is 35.5. The molecule has 0 fully saturated rings. The number of nitrogens with one attached hydrogen (secondary N) is 2. The molecule has 2 aromatic carbocycles. The maximum Gasteiger partial charge on any atom is 0.314 e. The van der Waals surface area contributed by atoms with Crippen molar-refractivity contribution in [3.8, 4) is 0 Å². The number of rotatable bonds is 2. The van der Waals surface area contributed by atoms with Crippen LogP contribution in [0.3, 0.4) is 0 Å². The fourth-order valence-electron chi connectivity index (χ4n) is 1.92. The Morgan fingerprint density at radius 3 is 2.27 bits per heavy atom. The first-order chi connectivity index (χ1) is 10.4. The molecule has 0 saturated carbocycles. The molecule has 0 saturated heterocycles. The maximum absolute atomic E-state index is 12.0. The van der Waals surface area contributed by atoms with Gasteiger partial charge in [-0.3, -0.25) is 9.59 Å². The van der Waals surface area contributed by atoms with Crippen molar-refractivity contribution >= 4 is 34.8 Å². The highest BCUT2D eigenvalue weighted by Crippen LogP contribution is 2.20. The maximum atomic E-state index is 12.0. The third-order valence-corrected chi connectivity index (χ3v) is 3.90. The van der Waals surface area contributed by atoms with Gasteiger partial charge < -0.3 is 10.6 Å². The van der Waals surface area contributed by atoms with E-state index in [4.69, 9.17) is 11.6 Å². The third-order valence-electron chi connectivity index (χ3n) is 3.49. The number of carbonyl (C=O) groups is 2. The van der Waals surface area contributed by atoms with E-state index < -0.39 is 11.8 Å². The van der Waals surface area contributed by atoms with Gasteiger partial charge in [0.15, 0.2) is 0 Å². The van der Waals surface area contributed by atoms with E-state index in [-0.39, 0.29) is 0 Å². The lowest BCUT2D eigenvalue weighted by Gasteiger charge is -2.11. The molecule has 0 bridgehead atoms. The number of benzene rings is 2. The molecule has 0 radical (unpaired) electrons. The Labute approximate surface area is 134 Å². The molecule has 114 valence electrons. The highest BCUT2D eigenvalue weighted by molar-refractivity contribution is 6.43. The molecule has 5 heteroatoms. The number of carbonyl (C=O) groups excluding carboxylic acids is 2. The third kappa shape index (κ3) is 3.65. The minimum absolute atomic E-state index is 0.483. The first kappa shape index (κ1) is 16.0. The van der Waals surface area contributed by atoms with Crippen molar-refractivity contribution in [2.75, 3.05) is 10.6 Å². The number of amides is 2. The summed E-state index contributed by atoms with van der Waals surface area (Å²) in [4.78, 5) is 23.9. The van der Waals surface area contributed by atoms with E-state index in [0.717, 1.165) is 16.7 Å². The van der Waals surface area contributed by atoms with Crippen molar-refractivity contribution in [1.29, 1.82) is 0 Å². The smallest absolute Gasteiger partial charge is 0.314 e. The second-order valence-corrected chi connectivity index (χ2v) is 5.53. The van der Waals surface area contributed by atoms with Crippen LogP contribution in [0, 0.1) is 20.8 Å². The zero-order valence-electron chi connectivity index (χ0n) is 12.7. The number of hydrogen-bond acceptors (Lipinski definition) is 2. The average molecular weight is 317 g/mol. The summed E-state index contributed by atoms with van der Waals surface area (Å²) < 4.78 is 0. The van der Waals surface area contributed by atoms with Crippen molar-refractivity contribution in [2.24, 2.45) is 0 Å². The van der Waals surface area contributed by atoms with E-state index in [1.165, 1.54) is 0 Å². The Balaban J connectivity index is 2.07. The first-order valence-corrected chi connectivity index (χ1v) is 7.21. The molecule has 0 atom stereocenters. The van der Waals surface area contributed by atoms with Crippen LogP contribution in [0.5, 0.6) is 0 Å². The topological polar surface area (TPSA) is 58.2 Å². The normalized spacial score (nSPS) is 10.2. The largest absolute Gasteiger partial charge is 0.318 e. The quantitative estimate of drug-likeness (QED) is 0.827. The summed E-state index contributed by atoms with van der Waals surface area (Å²) in [7, 11) is 0. The van der Waals surface area contributed by atoms with Crippen LogP contribution < -0.4 is 10.6 Å². The first-order valence-electron chi connectivity index (χ1n) is 6.83. The summed E-state index contributed by atoms with van der Waals surface area (Å²) in [5, 5.41) is 5.68. The van der Waals surface area contributed by atoms with E-state index in [1.807, 2.05) is 32.9 Å². The highest BCUT2D eigenvalue weighted by Gasteiger charge is 2.15. The molecule has 0 aromatic heterocycles. The Bertz CT molecular complexity index is 741. The monoisotopic (exact) mass is 316 g/mol. The van der Waals surface area contributed by atoms with Crippen molar-refractivity contribution in [2.45, 2.75) is 20.8 Å². The summed E-state index contributed by atoms with van der Waals surface area (Å²) in [5.41, 5.74) is 3.99. The molecule has 2 aromatic rings. The predicted molar refractivity (Wildman–Crippen MR) is 89.4 cm³/mol. The van der Waals surface area contributed by atoms with Gasteiger partial charge in [0.1, 0.15) is 0 Å². The minimum Gasteiger partial charge on any atom is -0.318 e. The summed E-state index contributed by atoms with van der Waals surface area (Å²) >= 11 is 5.99. The van der Waals surface area contributed by atoms with E-state index in [2.05, 4.69) is 10.6 Å². The minimum atomic E-state index is -0.735. The fraction of sp³-hybridized carbons (Fsp3) is 0.176. The van der Waals surface area contributed by atoms with Gasteiger partial charge in [-0.15, -0.1) is 0 Å². The Kier molecular flexibility index (Phi) is 4.83. The zero-order valence-corrected chi connectivity index (χ0v) is 13.4. The summed E-state index contributed by atoms with van der Waals surface area (Å²) in [6, 6.07) is 10.6. The van der Waals surface area contributed by atoms with E-state index in [9.17, 15) is 9.59 Å². The Morgan fingerprint density at radius 2 is 1.59 bits per heavy atom. The molecule has 0 aliphatic rings. The molecule has 0 unspecified atom stereocenters. The molecule has 0 heterocycles. The van der Waals surface area contributed by atoms with Gasteiger partial charge in [0, 0.05) is 16.4 Å². The van der Waals surface area contributed by atoms with Crippen molar-refractivity contribution in [1.82, 2.24) is 0 Å². The number of hydrogen-bond donors (Lipinski definition) is 2. The summed E-state index contributed by atoms with van der Waals surface area (Å²) in [5.74, 6) is -1.45. The summed E-state index contributed by atoms with van der Waals surface area (Å²) in [6.07, 6.45) is 0. The van der Waals surface area contributed by atoms with Gasteiger partial charge in [0.2, 0.25) is 0 Å². The van der Waals surface area contributed by atoms with Crippen LogP contribution >= 0.6 is 11.6 Å². The lowest BCUT2D eigenvalue weighted by Crippen LogP contribution is -2.29. The molecule has 0 aliphatic carbocycles. The number of halogens is 1. The van der Waals surface area contributed by atoms with E-state index in [1.54, 1.807) is 24.3 Å². The molecular weight excluding hydrogens is 300 g/mol. The van der Waals surface area contributed by atoms with Crippen LogP contribution in [0.1, 0.15) is 16.7 Å². The van der Waals surface area contributed by atoms with Crippen LogP contribution in [-0.4, -0.2) is 11.8 Å². The molecule has 0 aliphatic heterocycles. The molecule has 2 N–H and O–H groups in total. The predicted octanol–water partition coefficient (Wildman–Crippen LogP) is 3.84. The van der Waals surface area contributed by atoms with Crippen LogP contribution in [0.4, 0.5) is 11.4 Å². The van der Waals surface area contributed by atoms with Crippen molar-refractivity contribution in [3.63, 3.8) is 0 Å². The van der Waals surface area contributed by atoms with Crippen molar-refractivity contribution in [3.05, 3.63) is 58.1 Å². The number of aryl methyl sites for hydroxylation is 2. The van der Waals surface area contributed by atoms with Crippen molar-refractivity contribution < 1.29 is 9.59 Å². The number of anilines is 2. The van der Waals surface area contributed by atoms with Gasteiger partial charge in [-0.25, -0.2) is 0 Å². The van der Waals surface area contributed by atoms with Gasteiger partial charge in [-0.05, 0) is 55.7 Å². The molecule has 2 rings (SSSR count). The van der Waals surface area contributed by atoms with Gasteiger partial charge in [0.25, 0.3) is 0 Å². The van der Waals surface area contributed by atoms with Gasteiger partial charge >= 0.3 is 11.8 Å². The van der Waals surface area contributed by atoms with Gasteiger partial charge in [0.05, 0.1) is 0 Å². The SMILES string of the molecule is Cc1ccc(NC(=O)C(=O)Nc2cccc(C)c2C)cc1Cl. The van der Waals surface area contributed by atoms with E-state index in [0.29, 0.717) is 16.4 Å². The molecular formula is C17H17ClN2O2. The average Bonchev–Trinajstić information content (AvgIpc) is 2.47. The van der Waals surface area contributed by atoms with Crippen LogP contribution in [0.25, 0.3) is 0 Å². The van der Waals surface area contributed by atoms with Crippen LogP contribution in [0.15, 0.2) is 36.4 Å². The second-order valence-electron chi connectivity index (χ2n) is 5.12. The van der Waals surface area contributed by atoms with Gasteiger partial charge in [-0.1, -0.05) is 29.8 Å². The van der Waals surface area contributed by atoms with Crippen LogP contribution in [0.2, 0.25) is 5.02 Å². The molecule has 0 spiro atoms. The lowest BCUT2D eigenvalue weighted by molar-refractivity contribution is -0.133. The summed E-state index contributed by atoms with van der Waals surface area (Å²) in [6.45, 7) is 5.70. The lowest BCUT2D eigenvalue weighted by atomic mass is 10.1. The van der Waals surface area contributed by atoms with E-state index >= 15 is 0 Å². The standard InChI is InChI=1S/C17H17ClN2O2/c1-10-5-4-6-15(12(10)3)20-17(22)16(21)19-13-8-7-11(2)14(18)9-13/h4-9H,1-3H3,(H,19,21)(H,20,22). The molecule has 4 nitrogen and oxygen atoms in total. The molecule has 2 amide bonds. The zero-order chi connectivity index (χ0) is 16.3. The Morgan fingerprint density at radius 1 is 0.909 bits per heavy atom.